The first-order valence-corrected chi connectivity index (χ1v) is 6.13. The molecule has 2 heterocycles. The van der Waals surface area contributed by atoms with Crippen LogP contribution in [0.2, 0.25) is 0 Å². The minimum absolute atomic E-state index is 0.113. The fourth-order valence-electron chi connectivity index (χ4n) is 2.25. The zero-order valence-corrected chi connectivity index (χ0v) is 10.2. The summed E-state index contributed by atoms with van der Waals surface area (Å²) in [6, 6.07) is 5.98. The van der Waals surface area contributed by atoms with E-state index in [4.69, 9.17) is 0 Å². The third-order valence-electron chi connectivity index (χ3n) is 3.23. The SMILES string of the molecule is CNC1CCCN(CC(=O)c2ccccn2)C1. The maximum Gasteiger partial charge on any atom is 0.195 e. The van der Waals surface area contributed by atoms with Gasteiger partial charge in [-0.15, -0.1) is 0 Å². The van der Waals surface area contributed by atoms with Gasteiger partial charge in [-0.25, -0.2) is 0 Å². The minimum Gasteiger partial charge on any atom is -0.316 e. The van der Waals surface area contributed by atoms with E-state index in [0.717, 1.165) is 19.5 Å². The lowest BCUT2D eigenvalue weighted by Gasteiger charge is -2.31. The maximum absolute atomic E-state index is 12.0. The van der Waals surface area contributed by atoms with Crippen molar-refractivity contribution >= 4 is 5.78 Å². The van der Waals surface area contributed by atoms with E-state index in [0.29, 0.717) is 18.3 Å². The molecular weight excluding hydrogens is 214 g/mol. The van der Waals surface area contributed by atoms with Crippen LogP contribution in [0.15, 0.2) is 24.4 Å². The van der Waals surface area contributed by atoms with Crippen molar-refractivity contribution in [2.45, 2.75) is 18.9 Å². The number of rotatable bonds is 4. The summed E-state index contributed by atoms with van der Waals surface area (Å²) in [5.41, 5.74) is 0.569. The molecule has 0 aromatic carbocycles. The predicted octanol–water partition coefficient (Wildman–Crippen LogP) is 0.948. The maximum atomic E-state index is 12.0. The lowest BCUT2D eigenvalue weighted by Crippen LogP contribution is -2.46. The van der Waals surface area contributed by atoms with Gasteiger partial charge in [0.1, 0.15) is 5.69 Å². The monoisotopic (exact) mass is 233 g/mol. The molecular formula is C13H19N3O. The van der Waals surface area contributed by atoms with Crippen LogP contribution >= 0.6 is 0 Å². The number of ketones is 1. The molecule has 0 saturated carbocycles. The van der Waals surface area contributed by atoms with Gasteiger partial charge in [0, 0.05) is 18.8 Å². The highest BCUT2D eigenvalue weighted by atomic mass is 16.1. The van der Waals surface area contributed by atoms with Crippen LogP contribution < -0.4 is 5.32 Å². The molecule has 4 heteroatoms. The average Bonchev–Trinajstić information content (AvgIpc) is 2.40. The number of nitrogens with one attached hydrogen (secondary N) is 1. The fraction of sp³-hybridized carbons (Fsp3) is 0.538. The highest BCUT2D eigenvalue weighted by Gasteiger charge is 2.20. The zero-order chi connectivity index (χ0) is 12.1. The number of hydrogen-bond donors (Lipinski definition) is 1. The molecule has 2 rings (SSSR count). The smallest absolute Gasteiger partial charge is 0.195 e. The molecule has 0 radical (unpaired) electrons. The van der Waals surface area contributed by atoms with Crippen LogP contribution in [0.25, 0.3) is 0 Å². The molecule has 1 aliphatic heterocycles. The van der Waals surface area contributed by atoms with Crippen molar-refractivity contribution in [1.29, 1.82) is 0 Å². The number of carbonyl (C=O) groups excluding carboxylic acids is 1. The van der Waals surface area contributed by atoms with E-state index >= 15 is 0 Å². The summed E-state index contributed by atoms with van der Waals surface area (Å²) in [6.45, 7) is 2.45. The molecule has 1 unspecified atom stereocenters. The van der Waals surface area contributed by atoms with Crippen LogP contribution in [0, 0.1) is 0 Å². The summed E-state index contributed by atoms with van der Waals surface area (Å²) < 4.78 is 0. The fourth-order valence-corrected chi connectivity index (χ4v) is 2.25. The van der Waals surface area contributed by atoms with E-state index < -0.39 is 0 Å². The summed E-state index contributed by atoms with van der Waals surface area (Å²) >= 11 is 0. The molecule has 17 heavy (non-hydrogen) atoms. The van der Waals surface area contributed by atoms with Crippen LogP contribution in [0.4, 0.5) is 0 Å². The Hall–Kier alpha value is -1.26. The first kappa shape index (κ1) is 12.2. The lowest BCUT2D eigenvalue weighted by molar-refractivity contribution is 0.0897. The van der Waals surface area contributed by atoms with Gasteiger partial charge in [0.15, 0.2) is 5.78 Å². The third kappa shape index (κ3) is 3.35. The van der Waals surface area contributed by atoms with Crippen LogP contribution in [0.3, 0.4) is 0 Å². The highest BCUT2D eigenvalue weighted by molar-refractivity contribution is 5.95. The summed E-state index contributed by atoms with van der Waals surface area (Å²) in [7, 11) is 1.98. The van der Waals surface area contributed by atoms with E-state index in [1.54, 1.807) is 12.3 Å². The predicted molar refractivity (Wildman–Crippen MR) is 67.1 cm³/mol. The Bertz CT molecular complexity index is 366. The Labute approximate surface area is 102 Å². The molecule has 1 atom stereocenters. The van der Waals surface area contributed by atoms with Crippen molar-refractivity contribution in [3.05, 3.63) is 30.1 Å². The topological polar surface area (TPSA) is 45.2 Å². The number of hydrogen-bond acceptors (Lipinski definition) is 4. The van der Waals surface area contributed by atoms with E-state index in [1.165, 1.54) is 6.42 Å². The van der Waals surface area contributed by atoms with Gasteiger partial charge in [-0.3, -0.25) is 14.7 Å². The minimum atomic E-state index is 0.113. The van der Waals surface area contributed by atoms with Gasteiger partial charge in [-0.1, -0.05) is 6.07 Å². The molecule has 0 amide bonds. The second kappa shape index (κ2) is 5.89. The van der Waals surface area contributed by atoms with Crippen molar-refractivity contribution in [2.24, 2.45) is 0 Å². The number of pyridine rings is 1. The third-order valence-corrected chi connectivity index (χ3v) is 3.23. The molecule has 0 bridgehead atoms. The summed E-state index contributed by atoms with van der Waals surface area (Å²) in [5.74, 6) is 0.113. The number of Topliss-reactive ketones (excluding diaryl/α,β-unsaturated/α-hetero) is 1. The molecule has 1 aliphatic rings. The second-order valence-corrected chi connectivity index (χ2v) is 4.50. The molecule has 1 N–H and O–H groups in total. The van der Waals surface area contributed by atoms with Crippen LogP contribution in [0.5, 0.6) is 0 Å². The van der Waals surface area contributed by atoms with E-state index in [-0.39, 0.29) is 5.78 Å². The van der Waals surface area contributed by atoms with Gasteiger partial charge in [-0.05, 0) is 38.6 Å². The normalized spacial score (nSPS) is 21.4. The first-order chi connectivity index (χ1) is 8.29. The summed E-state index contributed by atoms with van der Waals surface area (Å²) in [6.07, 6.45) is 4.02. The van der Waals surface area contributed by atoms with Crippen molar-refractivity contribution < 1.29 is 4.79 Å². The number of carbonyl (C=O) groups is 1. The molecule has 1 saturated heterocycles. The molecule has 1 fully saturated rings. The van der Waals surface area contributed by atoms with Crippen molar-refractivity contribution in [2.75, 3.05) is 26.7 Å². The Morgan fingerprint density at radius 3 is 3.18 bits per heavy atom. The average molecular weight is 233 g/mol. The quantitative estimate of drug-likeness (QED) is 0.786. The van der Waals surface area contributed by atoms with Crippen molar-refractivity contribution in [3.63, 3.8) is 0 Å². The number of piperidine rings is 1. The Morgan fingerprint density at radius 2 is 2.47 bits per heavy atom. The van der Waals surface area contributed by atoms with Gasteiger partial charge in [0.2, 0.25) is 0 Å². The molecule has 4 nitrogen and oxygen atoms in total. The van der Waals surface area contributed by atoms with Crippen molar-refractivity contribution in [3.8, 4) is 0 Å². The van der Waals surface area contributed by atoms with Gasteiger partial charge in [0.05, 0.1) is 6.54 Å². The number of likely N-dealkylation sites (N-methyl/N-ethyl adjacent to an activating group) is 1. The first-order valence-electron chi connectivity index (χ1n) is 6.13. The van der Waals surface area contributed by atoms with E-state index in [1.807, 2.05) is 19.2 Å². The van der Waals surface area contributed by atoms with Crippen LogP contribution in [-0.4, -0.2) is 48.4 Å². The van der Waals surface area contributed by atoms with Crippen LogP contribution in [-0.2, 0) is 0 Å². The zero-order valence-electron chi connectivity index (χ0n) is 10.2. The van der Waals surface area contributed by atoms with Gasteiger partial charge in [-0.2, -0.15) is 0 Å². The van der Waals surface area contributed by atoms with Gasteiger partial charge < -0.3 is 5.32 Å². The standard InChI is InChI=1S/C13H19N3O/c1-14-11-5-4-8-16(9-11)10-13(17)12-6-2-3-7-15-12/h2-3,6-7,11,14H,4-5,8-10H2,1H3. The summed E-state index contributed by atoms with van der Waals surface area (Å²) in [4.78, 5) is 18.3. The number of aromatic nitrogens is 1. The van der Waals surface area contributed by atoms with E-state index in [9.17, 15) is 4.79 Å². The highest BCUT2D eigenvalue weighted by Crippen LogP contribution is 2.10. The second-order valence-electron chi connectivity index (χ2n) is 4.50. The Balaban J connectivity index is 1.90. The molecule has 92 valence electrons. The summed E-state index contributed by atoms with van der Waals surface area (Å²) in [5, 5.41) is 3.28. The van der Waals surface area contributed by atoms with E-state index in [2.05, 4.69) is 15.2 Å². The number of nitrogens with zero attached hydrogens (tertiary/aromatic N) is 2. The number of likely N-dealkylation sites (tertiary alicyclic amines) is 1. The largest absolute Gasteiger partial charge is 0.316 e. The molecule has 1 aromatic rings. The molecule has 1 aromatic heterocycles. The lowest BCUT2D eigenvalue weighted by atomic mass is 10.1. The van der Waals surface area contributed by atoms with Gasteiger partial charge in [0.25, 0.3) is 0 Å². The van der Waals surface area contributed by atoms with Crippen molar-refractivity contribution in [1.82, 2.24) is 15.2 Å². The Morgan fingerprint density at radius 1 is 1.59 bits per heavy atom. The van der Waals surface area contributed by atoms with Crippen LogP contribution in [0.1, 0.15) is 23.3 Å². The molecule has 0 spiro atoms. The van der Waals surface area contributed by atoms with Gasteiger partial charge >= 0.3 is 0 Å². The molecule has 0 aliphatic carbocycles. The Kier molecular flexibility index (Phi) is 4.23.